The fourth-order valence-corrected chi connectivity index (χ4v) is 2.77. The van der Waals surface area contributed by atoms with Crippen LogP contribution in [0.3, 0.4) is 0 Å². The van der Waals surface area contributed by atoms with Crippen LogP contribution in [0.15, 0.2) is 36.2 Å². The summed E-state index contributed by atoms with van der Waals surface area (Å²) in [4.78, 5) is 10.6. The number of carboxylic acids is 1. The van der Waals surface area contributed by atoms with Crippen LogP contribution in [-0.4, -0.2) is 26.5 Å². The van der Waals surface area contributed by atoms with Gasteiger partial charge < -0.3 is 9.66 Å². The molecule has 0 spiro atoms. The number of carbonyl (C=O) groups is 1. The first-order chi connectivity index (χ1) is 10.9. The predicted octanol–water partition coefficient (Wildman–Crippen LogP) is 3.37. The second-order valence-electron chi connectivity index (χ2n) is 6.39. The molecule has 0 aliphatic rings. The van der Waals surface area contributed by atoms with Gasteiger partial charge in [0.1, 0.15) is 22.3 Å². The Kier molecular flexibility index (Phi) is 6.49. The first-order valence-electron chi connectivity index (χ1n) is 7.09. The Morgan fingerprint density at radius 3 is 2.33 bits per heavy atom. The van der Waals surface area contributed by atoms with E-state index in [0.29, 0.717) is 0 Å². The maximum atomic E-state index is 14.7. The topological polar surface area (TPSA) is 72.4 Å². The van der Waals surface area contributed by atoms with Crippen LogP contribution in [-0.2, 0) is 21.7 Å². The molecule has 1 aromatic rings. The van der Waals surface area contributed by atoms with Gasteiger partial charge in [-0.3, -0.25) is 0 Å². The molecule has 0 aliphatic carbocycles. The number of hydrogen-bond donors (Lipinski definition) is 2. The summed E-state index contributed by atoms with van der Waals surface area (Å²) in [6.07, 6.45) is -2.06. The lowest BCUT2D eigenvalue weighted by Gasteiger charge is -2.36. The van der Waals surface area contributed by atoms with Crippen molar-refractivity contribution in [3.63, 3.8) is 0 Å². The van der Waals surface area contributed by atoms with E-state index in [1.54, 1.807) is 20.8 Å². The summed E-state index contributed by atoms with van der Waals surface area (Å²) in [6.45, 7) is 6.07. The summed E-state index contributed by atoms with van der Waals surface area (Å²) in [7, 11) is 0. The summed E-state index contributed by atoms with van der Waals surface area (Å²) in [6, 6.07) is 5.18. The lowest BCUT2D eigenvalue weighted by molar-refractivity contribution is -0.134. The van der Waals surface area contributed by atoms with Crippen LogP contribution in [0.2, 0.25) is 0 Å². The average molecular weight is 363 g/mol. The maximum absolute atomic E-state index is 14.7. The van der Waals surface area contributed by atoms with Crippen LogP contribution < -0.4 is 4.72 Å². The van der Waals surface area contributed by atoms with Crippen molar-refractivity contribution in [1.82, 2.24) is 4.72 Å². The number of halogens is 3. The first-order valence-corrected chi connectivity index (χ1v) is 8.24. The van der Waals surface area contributed by atoms with Gasteiger partial charge in [0, 0.05) is 16.9 Å². The SMILES string of the molecule is CC(C)(C)[S@@+]([O-])N[C@](C)(c1ccccc1F)[C@H](F)C=C(F)C(=O)O. The van der Waals surface area contributed by atoms with Crippen LogP contribution in [0.25, 0.3) is 0 Å². The monoisotopic (exact) mass is 363 g/mol. The quantitative estimate of drug-likeness (QED) is 0.600. The second-order valence-corrected chi connectivity index (χ2v) is 8.35. The molecule has 0 heterocycles. The normalized spacial score (nSPS) is 17.9. The highest BCUT2D eigenvalue weighted by Gasteiger charge is 2.44. The third-order valence-corrected chi connectivity index (χ3v) is 5.06. The average Bonchev–Trinajstić information content (AvgIpc) is 2.46. The molecule has 134 valence electrons. The van der Waals surface area contributed by atoms with Crippen molar-refractivity contribution in [3.8, 4) is 0 Å². The molecule has 1 rings (SSSR count). The summed E-state index contributed by atoms with van der Waals surface area (Å²) in [5, 5.41) is 8.57. The van der Waals surface area contributed by atoms with Crippen molar-refractivity contribution in [1.29, 1.82) is 0 Å². The minimum atomic E-state index is -2.28. The maximum Gasteiger partial charge on any atom is 0.364 e. The van der Waals surface area contributed by atoms with Gasteiger partial charge in [0.15, 0.2) is 0 Å². The van der Waals surface area contributed by atoms with E-state index in [0.717, 1.165) is 6.07 Å². The molecule has 0 saturated carbocycles. The third-order valence-electron chi connectivity index (χ3n) is 3.34. The minimum Gasteiger partial charge on any atom is -0.598 e. The summed E-state index contributed by atoms with van der Waals surface area (Å²) >= 11 is -1.82. The molecule has 0 bridgehead atoms. The van der Waals surface area contributed by atoms with Gasteiger partial charge in [-0.05, 0) is 39.8 Å². The molecular weight excluding hydrogens is 343 g/mol. The summed E-state index contributed by atoms with van der Waals surface area (Å²) in [5.74, 6) is -4.44. The lowest BCUT2D eigenvalue weighted by atomic mass is 9.87. The van der Waals surface area contributed by atoms with E-state index in [-0.39, 0.29) is 11.6 Å². The number of aliphatic carboxylic acids is 1. The van der Waals surface area contributed by atoms with Gasteiger partial charge in [0.2, 0.25) is 5.83 Å². The van der Waals surface area contributed by atoms with Crippen molar-refractivity contribution in [2.45, 2.75) is 44.2 Å². The highest BCUT2D eigenvalue weighted by Crippen LogP contribution is 2.33. The van der Waals surface area contributed by atoms with Crippen LogP contribution >= 0.6 is 0 Å². The molecule has 8 heteroatoms. The molecule has 24 heavy (non-hydrogen) atoms. The Labute approximate surface area is 142 Å². The second kappa shape index (κ2) is 7.58. The molecule has 0 radical (unpaired) electrons. The zero-order valence-corrected chi connectivity index (χ0v) is 14.6. The fourth-order valence-electron chi connectivity index (χ4n) is 1.85. The van der Waals surface area contributed by atoms with Gasteiger partial charge in [0.25, 0.3) is 0 Å². The minimum absolute atomic E-state index is 0.190. The molecule has 0 saturated heterocycles. The Hall–Kier alpha value is -1.51. The first kappa shape index (κ1) is 20.5. The van der Waals surface area contributed by atoms with Crippen LogP contribution in [0.5, 0.6) is 0 Å². The van der Waals surface area contributed by atoms with Crippen molar-refractivity contribution in [2.24, 2.45) is 0 Å². The van der Waals surface area contributed by atoms with Gasteiger partial charge in [-0.25, -0.2) is 13.6 Å². The molecule has 0 unspecified atom stereocenters. The molecule has 3 atom stereocenters. The zero-order valence-electron chi connectivity index (χ0n) is 13.8. The number of nitrogens with one attached hydrogen (secondary N) is 1. The summed E-state index contributed by atoms with van der Waals surface area (Å²) in [5.41, 5.74) is -2.12. The van der Waals surface area contributed by atoms with Crippen LogP contribution in [0.1, 0.15) is 33.3 Å². The van der Waals surface area contributed by atoms with E-state index >= 15 is 0 Å². The Morgan fingerprint density at radius 1 is 1.33 bits per heavy atom. The van der Waals surface area contributed by atoms with Crippen molar-refractivity contribution in [3.05, 3.63) is 47.5 Å². The van der Waals surface area contributed by atoms with E-state index < -0.39 is 45.4 Å². The van der Waals surface area contributed by atoms with E-state index in [1.165, 1.54) is 25.1 Å². The molecule has 2 N–H and O–H groups in total. The number of carboxylic acid groups (broad SMARTS) is 1. The molecule has 0 aromatic heterocycles. The van der Waals surface area contributed by atoms with Gasteiger partial charge in [-0.15, -0.1) is 4.72 Å². The Balaban J connectivity index is 3.39. The van der Waals surface area contributed by atoms with Gasteiger partial charge in [-0.1, -0.05) is 18.2 Å². The number of alkyl halides is 1. The standard InChI is InChI=1S/C16H20F3NO3S/c1-15(2,3)24(23)20-16(4,10-7-5-6-8-11(10)17)13(19)9-12(18)14(21)22/h5-9,13,20H,1-4H3,(H,21,22)/t13-,16-,24-/m1/s1. The molecule has 0 fully saturated rings. The number of benzene rings is 1. The number of hydrogen-bond acceptors (Lipinski definition) is 3. The Morgan fingerprint density at radius 2 is 1.88 bits per heavy atom. The van der Waals surface area contributed by atoms with Crippen LogP contribution in [0, 0.1) is 5.82 Å². The highest BCUT2D eigenvalue weighted by molar-refractivity contribution is 7.90. The molecule has 0 aliphatic heterocycles. The molecule has 0 amide bonds. The Bertz CT molecular complexity index is 633. The predicted molar refractivity (Wildman–Crippen MR) is 86.5 cm³/mol. The molecule has 4 nitrogen and oxygen atoms in total. The van der Waals surface area contributed by atoms with Crippen molar-refractivity contribution in [2.75, 3.05) is 0 Å². The summed E-state index contributed by atoms with van der Waals surface area (Å²) < 4.78 is 56.3. The third kappa shape index (κ3) is 4.75. The van der Waals surface area contributed by atoms with Gasteiger partial charge >= 0.3 is 5.97 Å². The fraction of sp³-hybridized carbons (Fsp3) is 0.438. The van der Waals surface area contributed by atoms with Crippen LogP contribution in [0.4, 0.5) is 13.2 Å². The van der Waals surface area contributed by atoms with E-state index in [1.807, 2.05) is 0 Å². The van der Waals surface area contributed by atoms with Crippen molar-refractivity contribution < 1.29 is 27.6 Å². The van der Waals surface area contributed by atoms with E-state index in [4.69, 9.17) is 5.11 Å². The van der Waals surface area contributed by atoms with Gasteiger partial charge in [-0.2, -0.15) is 4.39 Å². The van der Waals surface area contributed by atoms with E-state index in [2.05, 4.69) is 4.72 Å². The lowest BCUT2D eigenvalue weighted by Crippen LogP contribution is -2.54. The molecule has 1 aromatic carbocycles. The molecular formula is C16H20F3NO3S. The van der Waals surface area contributed by atoms with Crippen molar-refractivity contribution >= 4 is 17.3 Å². The highest BCUT2D eigenvalue weighted by atomic mass is 32.2. The van der Waals surface area contributed by atoms with Gasteiger partial charge in [0.05, 0.1) is 0 Å². The number of rotatable bonds is 6. The van der Waals surface area contributed by atoms with E-state index in [9.17, 15) is 22.5 Å². The largest absolute Gasteiger partial charge is 0.598 e. The zero-order chi connectivity index (χ0) is 18.7. The smallest absolute Gasteiger partial charge is 0.364 e.